The molecule has 0 bridgehead atoms. The van der Waals surface area contributed by atoms with Crippen molar-refractivity contribution in [3.63, 3.8) is 0 Å². The summed E-state index contributed by atoms with van der Waals surface area (Å²) in [4.78, 5) is 30.9. The number of ketones is 1. The average Bonchev–Trinajstić information content (AvgIpc) is 2.85. The Labute approximate surface area is 147 Å². The van der Waals surface area contributed by atoms with Crippen molar-refractivity contribution in [2.45, 2.75) is 19.6 Å². The van der Waals surface area contributed by atoms with E-state index in [1.807, 2.05) is 0 Å². The number of para-hydroxylation sites is 1. The van der Waals surface area contributed by atoms with Gasteiger partial charge < -0.3 is 4.98 Å². The third kappa shape index (κ3) is 3.11. The van der Waals surface area contributed by atoms with Gasteiger partial charge >= 0.3 is 11.9 Å². The molecule has 0 spiro atoms. The Morgan fingerprint density at radius 2 is 2.00 bits per heavy atom. The van der Waals surface area contributed by atoms with Crippen LogP contribution in [0.3, 0.4) is 0 Å². The number of hydrogen-bond donors (Lipinski definition) is 1. The maximum atomic E-state index is 13.3. The van der Waals surface area contributed by atoms with Crippen molar-refractivity contribution in [1.82, 2.24) is 14.5 Å². The predicted molar refractivity (Wildman–Crippen MR) is 88.6 cm³/mol. The molecule has 0 aliphatic rings. The number of halogens is 4. The fourth-order valence-electron chi connectivity index (χ4n) is 2.76. The first-order valence-electron chi connectivity index (χ1n) is 7.13. The van der Waals surface area contributed by atoms with Crippen molar-refractivity contribution in [3.05, 3.63) is 62.4 Å². The van der Waals surface area contributed by atoms with Gasteiger partial charge in [-0.25, -0.2) is 9.78 Å². The summed E-state index contributed by atoms with van der Waals surface area (Å²) >= 11 is 2.75. The first-order chi connectivity index (χ1) is 11.7. The molecule has 0 unspecified atom stereocenters. The molecule has 25 heavy (non-hydrogen) atoms. The number of fused-ring (bicyclic) bond motifs is 1. The highest BCUT2D eigenvalue weighted by atomic mass is 79.9. The van der Waals surface area contributed by atoms with Gasteiger partial charge in [0.05, 0.1) is 11.0 Å². The maximum Gasteiger partial charge on any atom is 0.432 e. The number of aromatic nitrogens is 3. The van der Waals surface area contributed by atoms with Gasteiger partial charge in [-0.3, -0.25) is 9.36 Å². The SMILES string of the molecule is Cc1[nH]c2ccccc2c1C(=O)Cn1c(C(F)(F)F)c(Br)cnc1=O. The van der Waals surface area contributed by atoms with E-state index in [0.717, 1.165) is 6.20 Å². The molecule has 0 radical (unpaired) electrons. The van der Waals surface area contributed by atoms with E-state index in [1.165, 1.54) is 0 Å². The molecule has 0 atom stereocenters. The van der Waals surface area contributed by atoms with Crippen LogP contribution >= 0.6 is 15.9 Å². The minimum atomic E-state index is -4.81. The molecule has 0 saturated carbocycles. The number of aryl methyl sites for hydroxylation is 1. The number of nitrogens with zero attached hydrogens (tertiary/aromatic N) is 2. The van der Waals surface area contributed by atoms with Gasteiger partial charge in [-0.05, 0) is 28.9 Å². The van der Waals surface area contributed by atoms with Crippen molar-refractivity contribution >= 4 is 32.6 Å². The van der Waals surface area contributed by atoms with E-state index in [0.29, 0.717) is 21.2 Å². The van der Waals surface area contributed by atoms with Crippen LogP contribution in [0.15, 0.2) is 39.7 Å². The van der Waals surface area contributed by atoms with Crippen LogP contribution in [-0.2, 0) is 12.7 Å². The minimum Gasteiger partial charge on any atom is -0.358 e. The van der Waals surface area contributed by atoms with Crippen LogP contribution in [0.5, 0.6) is 0 Å². The Hall–Kier alpha value is -2.42. The highest BCUT2D eigenvalue weighted by Crippen LogP contribution is 2.33. The standard InChI is InChI=1S/C16H11BrF3N3O2/c1-8-13(9-4-2-3-5-11(9)22-8)12(24)7-23-14(16(18,19)20)10(17)6-21-15(23)25/h2-6,22H,7H2,1H3. The van der Waals surface area contributed by atoms with Gasteiger partial charge in [0.15, 0.2) is 5.78 Å². The third-order valence-electron chi connectivity index (χ3n) is 3.76. The summed E-state index contributed by atoms with van der Waals surface area (Å²) < 4.78 is 39.8. The van der Waals surface area contributed by atoms with E-state index >= 15 is 0 Å². The van der Waals surface area contributed by atoms with Crippen molar-refractivity contribution in [2.75, 3.05) is 0 Å². The largest absolute Gasteiger partial charge is 0.432 e. The van der Waals surface area contributed by atoms with Crippen molar-refractivity contribution < 1.29 is 18.0 Å². The summed E-state index contributed by atoms with van der Waals surface area (Å²) in [6.45, 7) is 0.892. The zero-order chi connectivity index (χ0) is 18.4. The van der Waals surface area contributed by atoms with Gasteiger partial charge in [0.25, 0.3) is 0 Å². The number of rotatable bonds is 3. The molecule has 130 valence electrons. The molecule has 0 aliphatic carbocycles. The van der Waals surface area contributed by atoms with Crippen molar-refractivity contribution in [3.8, 4) is 0 Å². The van der Waals surface area contributed by atoms with Crippen molar-refractivity contribution in [2.24, 2.45) is 0 Å². The number of aromatic amines is 1. The second-order valence-corrected chi connectivity index (χ2v) is 6.27. The van der Waals surface area contributed by atoms with E-state index in [4.69, 9.17) is 0 Å². The number of nitrogens with one attached hydrogen (secondary N) is 1. The number of Topliss-reactive ketones (excluding diaryl/α,β-unsaturated/α-hetero) is 1. The number of benzene rings is 1. The first kappa shape index (κ1) is 17.4. The molecular formula is C16H11BrF3N3O2. The minimum absolute atomic E-state index is 0.260. The zero-order valence-corrected chi connectivity index (χ0v) is 14.4. The average molecular weight is 414 g/mol. The van der Waals surface area contributed by atoms with Crippen molar-refractivity contribution in [1.29, 1.82) is 0 Å². The number of alkyl halides is 3. The number of hydrogen-bond acceptors (Lipinski definition) is 3. The van der Waals surface area contributed by atoms with Gasteiger partial charge in [0, 0.05) is 28.4 Å². The summed E-state index contributed by atoms with van der Waals surface area (Å²) in [5, 5.41) is 0.592. The predicted octanol–water partition coefficient (Wildman–Crippen LogP) is 3.70. The van der Waals surface area contributed by atoms with Crippen LogP contribution in [-0.4, -0.2) is 20.3 Å². The zero-order valence-electron chi connectivity index (χ0n) is 12.8. The molecular weight excluding hydrogens is 403 g/mol. The second-order valence-electron chi connectivity index (χ2n) is 5.41. The summed E-state index contributed by atoms with van der Waals surface area (Å²) in [5.74, 6) is -0.609. The van der Waals surface area contributed by atoms with E-state index in [1.54, 1.807) is 31.2 Å². The molecule has 0 aliphatic heterocycles. The Bertz CT molecular complexity index is 1040. The van der Waals surface area contributed by atoms with Crippen LogP contribution in [0.25, 0.3) is 10.9 Å². The molecule has 3 aromatic rings. The van der Waals surface area contributed by atoms with Gasteiger partial charge in [-0.1, -0.05) is 18.2 Å². The van der Waals surface area contributed by atoms with E-state index < -0.39 is 34.4 Å². The lowest BCUT2D eigenvalue weighted by Crippen LogP contribution is -2.33. The summed E-state index contributed by atoms with van der Waals surface area (Å²) in [6.07, 6.45) is -4.03. The van der Waals surface area contributed by atoms with Gasteiger partial charge in [0.2, 0.25) is 0 Å². The molecule has 0 fully saturated rings. The molecule has 1 aromatic carbocycles. The highest BCUT2D eigenvalue weighted by molar-refractivity contribution is 9.10. The summed E-state index contributed by atoms with van der Waals surface area (Å²) in [6, 6.07) is 6.95. The van der Waals surface area contributed by atoms with E-state index in [2.05, 4.69) is 25.9 Å². The Balaban J connectivity index is 2.12. The monoisotopic (exact) mass is 413 g/mol. The van der Waals surface area contributed by atoms with Gasteiger partial charge in [-0.15, -0.1) is 0 Å². The molecule has 0 amide bonds. The molecule has 3 rings (SSSR count). The number of carbonyl (C=O) groups excluding carboxylic acids is 1. The van der Waals surface area contributed by atoms with Crippen LogP contribution < -0.4 is 5.69 Å². The molecule has 1 N–H and O–H groups in total. The Morgan fingerprint density at radius 1 is 1.32 bits per heavy atom. The number of H-pyrrole nitrogens is 1. The third-order valence-corrected chi connectivity index (χ3v) is 4.34. The second kappa shape index (κ2) is 6.14. The lowest BCUT2D eigenvalue weighted by molar-refractivity contribution is -0.144. The van der Waals surface area contributed by atoms with Gasteiger partial charge in [0.1, 0.15) is 5.69 Å². The first-order valence-corrected chi connectivity index (χ1v) is 7.92. The summed E-state index contributed by atoms with van der Waals surface area (Å²) in [5.41, 5.74) is -0.898. The molecule has 2 heterocycles. The topological polar surface area (TPSA) is 67.8 Å². The molecule has 9 heteroatoms. The lowest BCUT2D eigenvalue weighted by Gasteiger charge is -2.15. The fourth-order valence-corrected chi connectivity index (χ4v) is 3.30. The van der Waals surface area contributed by atoms with Crippen LogP contribution in [0.1, 0.15) is 21.7 Å². The normalized spacial score (nSPS) is 11.9. The molecule has 2 aromatic heterocycles. The smallest absolute Gasteiger partial charge is 0.358 e. The number of carbonyl (C=O) groups is 1. The van der Waals surface area contributed by atoms with Gasteiger partial charge in [-0.2, -0.15) is 13.2 Å². The maximum absolute atomic E-state index is 13.3. The van der Waals surface area contributed by atoms with Crippen LogP contribution in [0.2, 0.25) is 0 Å². The van der Waals surface area contributed by atoms with E-state index in [-0.39, 0.29) is 5.56 Å². The van der Waals surface area contributed by atoms with Crippen LogP contribution in [0.4, 0.5) is 13.2 Å². The summed E-state index contributed by atoms with van der Waals surface area (Å²) in [7, 11) is 0. The molecule has 0 saturated heterocycles. The highest BCUT2D eigenvalue weighted by Gasteiger charge is 2.38. The van der Waals surface area contributed by atoms with E-state index in [9.17, 15) is 22.8 Å². The van der Waals surface area contributed by atoms with Crippen LogP contribution in [0, 0.1) is 6.92 Å². The molecule has 5 nitrogen and oxygen atoms in total. The Kier molecular flexibility index (Phi) is 4.28. The quantitative estimate of drug-likeness (QED) is 0.665. The fraction of sp³-hybridized carbons (Fsp3) is 0.188. The lowest BCUT2D eigenvalue weighted by atomic mass is 10.1. The Morgan fingerprint density at radius 3 is 2.68 bits per heavy atom.